The molecule has 1 aliphatic rings. The molecule has 0 amide bonds. The molecule has 2 aromatic heterocycles. The van der Waals surface area contributed by atoms with Gasteiger partial charge in [0, 0.05) is 24.4 Å². The van der Waals surface area contributed by atoms with Gasteiger partial charge < -0.3 is 19.4 Å². The maximum atomic E-state index is 11.1. The van der Waals surface area contributed by atoms with Crippen LogP contribution in [0.15, 0.2) is 57.1 Å². The number of rotatable bonds is 6. The number of aliphatic imine (C=N–C) groups is 1. The molecule has 0 aliphatic carbocycles. The highest BCUT2D eigenvalue weighted by Gasteiger charge is 2.31. The molecule has 0 fully saturated rings. The monoisotopic (exact) mass is 483 g/mol. The predicted octanol–water partition coefficient (Wildman–Crippen LogP) is 4.16. The normalized spacial score (nSPS) is 16.6. The molecule has 3 aromatic rings. The Morgan fingerprint density at radius 1 is 1.18 bits per heavy atom. The fourth-order valence-corrected chi connectivity index (χ4v) is 3.72. The van der Waals surface area contributed by atoms with E-state index in [9.17, 15) is 10.2 Å². The molecule has 0 saturated heterocycles. The molecule has 0 bridgehead atoms. The average Bonchev–Trinajstić information content (AvgIpc) is 3.21. The molecular weight excluding hydrogens is 458 g/mol. The number of nitrogens with zero attached hydrogens (tertiary/aromatic N) is 5. The van der Waals surface area contributed by atoms with Crippen LogP contribution in [-0.4, -0.2) is 37.2 Å². The summed E-state index contributed by atoms with van der Waals surface area (Å²) >= 11 is 6.46. The molecule has 1 atom stereocenters. The van der Waals surface area contributed by atoms with Gasteiger partial charge in [0.05, 0.1) is 5.69 Å². The highest BCUT2D eigenvalue weighted by Crippen LogP contribution is 2.34. The minimum atomic E-state index is -1.19. The van der Waals surface area contributed by atoms with Gasteiger partial charge in [-0.2, -0.15) is 4.99 Å². The van der Waals surface area contributed by atoms with E-state index in [4.69, 9.17) is 20.8 Å². The summed E-state index contributed by atoms with van der Waals surface area (Å²) in [5, 5.41) is 21.4. The first kappa shape index (κ1) is 23.9. The highest BCUT2D eigenvalue weighted by atomic mass is 35.5. The van der Waals surface area contributed by atoms with E-state index < -0.39 is 11.8 Å². The van der Waals surface area contributed by atoms with Crippen molar-refractivity contribution in [3.63, 3.8) is 0 Å². The number of oxazole rings is 1. The number of ether oxygens (including phenoxy) is 1. The lowest BCUT2D eigenvalue weighted by Crippen LogP contribution is -2.43. The number of aryl methyl sites for hydroxylation is 2. The van der Waals surface area contributed by atoms with Gasteiger partial charge in [-0.1, -0.05) is 23.7 Å². The molecular formula is C24H26ClN5O4. The Morgan fingerprint density at radius 3 is 2.62 bits per heavy atom. The molecule has 9 nitrogen and oxygen atoms in total. The third kappa shape index (κ3) is 4.82. The molecule has 3 heterocycles. The van der Waals surface area contributed by atoms with Crippen molar-refractivity contribution < 1.29 is 19.4 Å². The lowest BCUT2D eigenvalue weighted by atomic mass is 10.0. The molecule has 0 radical (unpaired) electrons. The van der Waals surface area contributed by atoms with Gasteiger partial charge in [0.15, 0.2) is 17.9 Å². The van der Waals surface area contributed by atoms with E-state index in [1.165, 1.54) is 6.26 Å². The summed E-state index contributed by atoms with van der Waals surface area (Å²) in [5.74, 6) is 1.48. The van der Waals surface area contributed by atoms with Crippen molar-refractivity contribution in [1.29, 1.82) is 0 Å². The van der Waals surface area contributed by atoms with E-state index in [1.807, 2.05) is 25.1 Å². The first-order valence-electron chi connectivity index (χ1n) is 10.7. The molecule has 0 saturated carbocycles. The van der Waals surface area contributed by atoms with Gasteiger partial charge in [-0.25, -0.2) is 15.0 Å². The molecule has 10 heteroatoms. The average molecular weight is 484 g/mol. The van der Waals surface area contributed by atoms with Gasteiger partial charge in [0.25, 0.3) is 0 Å². The third-order valence-corrected chi connectivity index (χ3v) is 5.63. The Labute approximate surface area is 202 Å². The predicted molar refractivity (Wildman–Crippen MR) is 128 cm³/mol. The number of benzene rings is 1. The number of aliphatic hydroxyl groups excluding tert-OH is 1. The van der Waals surface area contributed by atoms with E-state index in [0.29, 0.717) is 34.6 Å². The Hall–Kier alpha value is -3.27. The van der Waals surface area contributed by atoms with Crippen molar-refractivity contribution in [3.05, 3.63) is 70.6 Å². The van der Waals surface area contributed by atoms with Crippen LogP contribution in [0.4, 0.5) is 5.69 Å². The molecule has 178 valence electrons. The number of amidine groups is 1. The topological polar surface area (TPSA) is 117 Å². The number of aliphatic hydroxyl groups is 2. The third-order valence-electron chi connectivity index (χ3n) is 5.28. The van der Waals surface area contributed by atoms with E-state index >= 15 is 0 Å². The number of halogens is 1. The van der Waals surface area contributed by atoms with E-state index in [2.05, 4.69) is 19.9 Å². The Balaban J connectivity index is 1.64. The second kappa shape index (κ2) is 9.17. The van der Waals surface area contributed by atoms with E-state index in [0.717, 1.165) is 11.1 Å². The lowest BCUT2D eigenvalue weighted by Gasteiger charge is -2.34. The summed E-state index contributed by atoms with van der Waals surface area (Å²) in [5.41, 5.74) is 2.47. The number of anilines is 1. The van der Waals surface area contributed by atoms with Crippen molar-refractivity contribution in [3.8, 4) is 11.3 Å². The molecule has 1 aromatic carbocycles. The molecule has 34 heavy (non-hydrogen) atoms. The second-order valence-corrected chi connectivity index (χ2v) is 8.94. The van der Waals surface area contributed by atoms with Crippen LogP contribution in [0.1, 0.15) is 43.7 Å². The molecule has 0 spiro atoms. The van der Waals surface area contributed by atoms with E-state index in [1.54, 1.807) is 44.9 Å². The van der Waals surface area contributed by atoms with Crippen LogP contribution in [0.5, 0.6) is 0 Å². The van der Waals surface area contributed by atoms with Crippen LogP contribution in [0, 0.1) is 13.8 Å². The second-order valence-electron chi connectivity index (χ2n) is 8.53. The fraction of sp³-hybridized carbons (Fsp3) is 0.333. The molecule has 4 rings (SSSR count). The van der Waals surface area contributed by atoms with Crippen molar-refractivity contribution in [2.24, 2.45) is 4.99 Å². The number of hydrogen-bond donors (Lipinski definition) is 2. The van der Waals surface area contributed by atoms with E-state index in [-0.39, 0.29) is 17.5 Å². The van der Waals surface area contributed by atoms with Crippen LogP contribution in [0.2, 0.25) is 0 Å². The van der Waals surface area contributed by atoms with Crippen LogP contribution >= 0.6 is 11.6 Å². The quantitative estimate of drug-likeness (QED) is 0.536. The Morgan fingerprint density at radius 2 is 1.94 bits per heavy atom. The van der Waals surface area contributed by atoms with Gasteiger partial charge in [-0.15, -0.1) is 0 Å². The first-order valence-corrected chi connectivity index (χ1v) is 11.1. The minimum absolute atomic E-state index is 0.0574. The van der Waals surface area contributed by atoms with Gasteiger partial charge in [0.2, 0.25) is 5.88 Å². The SMILES string of the molecule is CC1=NC(OCc2coc(C)n2)=C(Cl)C(O)N1c1cc(-c2ccnc(C(C)(C)O)n2)ccc1C. The summed E-state index contributed by atoms with van der Waals surface area (Å²) in [4.78, 5) is 19.0. The number of aromatic nitrogens is 3. The van der Waals surface area contributed by atoms with Gasteiger partial charge in [-0.05, 0) is 45.4 Å². The molecule has 2 N–H and O–H groups in total. The zero-order valence-electron chi connectivity index (χ0n) is 19.6. The maximum Gasteiger partial charge on any atom is 0.235 e. The fourth-order valence-electron chi connectivity index (χ4n) is 3.52. The smallest absolute Gasteiger partial charge is 0.235 e. The molecule has 1 aliphatic heterocycles. The summed E-state index contributed by atoms with van der Waals surface area (Å²) in [6, 6.07) is 7.50. The van der Waals surface area contributed by atoms with Gasteiger partial charge in [0.1, 0.15) is 35.0 Å². The van der Waals surface area contributed by atoms with Crippen LogP contribution in [-0.2, 0) is 16.9 Å². The summed E-state index contributed by atoms with van der Waals surface area (Å²) in [6.07, 6.45) is 1.91. The van der Waals surface area contributed by atoms with Crippen molar-refractivity contribution in [1.82, 2.24) is 15.0 Å². The zero-order valence-corrected chi connectivity index (χ0v) is 20.3. The van der Waals surface area contributed by atoms with Crippen LogP contribution < -0.4 is 4.90 Å². The van der Waals surface area contributed by atoms with Crippen molar-refractivity contribution >= 4 is 23.1 Å². The maximum absolute atomic E-state index is 11.1. The van der Waals surface area contributed by atoms with Crippen LogP contribution in [0.3, 0.4) is 0 Å². The first-order chi connectivity index (χ1) is 16.0. The standard InChI is InChI=1S/C24H26ClN5O4/c1-13-6-7-16(18-8-9-26-23(29-18)24(4,5)32)10-19(13)30-14(2)27-21(20(25)22(30)31)34-12-17-11-33-15(3)28-17/h6-11,22,31-32H,12H2,1-5H3. The lowest BCUT2D eigenvalue weighted by molar-refractivity contribution is 0.0688. The Kier molecular flexibility index (Phi) is 6.44. The largest absolute Gasteiger partial charge is 0.470 e. The van der Waals surface area contributed by atoms with Crippen molar-refractivity contribution in [2.45, 2.75) is 53.1 Å². The molecule has 1 unspecified atom stereocenters. The minimum Gasteiger partial charge on any atom is -0.470 e. The summed E-state index contributed by atoms with van der Waals surface area (Å²) in [7, 11) is 0. The Bertz CT molecular complexity index is 1280. The van der Waals surface area contributed by atoms with Gasteiger partial charge in [-0.3, -0.25) is 4.90 Å². The summed E-state index contributed by atoms with van der Waals surface area (Å²) < 4.78 is 10.9. The number of hydrogen-bond acceptors (Lipinski definition) is 9. The van der Waals surface area contributed by atoms with Crippen LogP contribution in [0.25, 0.3) is 11.3 Å². The summed E-state index contributed by atoms with van der Waals surface area (Å²) in [6.45, 7) is 8.81. The highest BCUT2D eigenvalue weighted by molar-refractivity contribution is 6.31. The zero-order chi connectivity index (χ0) is 24.6. The van der Waals surface area contributed by atoms with Crippen molar-refractivity contribution in [2.75, 3.05) is 4.90 Å². The van der Waals surface area contributed by atoms with Gasteiger partial charge >= 0.3 is 0 Å².